The van der Waals surface area contributed by atoms with Crippen molar-refractivity contribution < 1.29 is 4.11 Å². The number of aryl methyl sites for hydroxylation is 1. The van der Waals surface area contributed by atoms with Gasteiger partial charge in [-0.1, -0.05) is 63.3 Å². The van der Waals surface area contributed by atoms with Crippen LogP contribution in [0.4, 0.5) is 0 Å². The molecule has 0 aliphatic carbocycles. The lowest BCUT2D eigenvalue weighted by Gasteiger charge is -2.22. The highest BCUT2D eigenvalue weighted by Crippen LogP contribution is 2.19. The molecule has 0 atom stereocenters. The lowest BCUT2D eigenvalue weighted by Crippen LogP contribution is -2.43. The molecule has 20 heavy (non-hydrogen) atoms. The molecular formula is C17H24N2Si. The molecule has 1 aromatic heterocycles. The minimum absolute atomic E-state index is 0.338. The molecule has 2 aromatic rings. The topological polar surface area (TPSA) is 25.8 Å². The normalized spacial score (nSPS) is 14.8. The molecule has 0 spiro atoms. The fourth-order valence-corrected chi connectivity index (χ4v) is 3.83. The number of hydrogen-bond donors (Lipinski definition) is 0. The second-order valence-corrected chi connectivity index (χ2v) is 11.5. The van der Waals surface area contributed by atoms with E-state index in [0.717, 1.165) is 5.56 Å². The minimum atomic E-state index is -2.08. The van der Waals surface area contributed by atoms with Crippen molar-refractivity contribution in [3.05, 3.63) is 41.6 Å². The van der Waals surface area contributed by atoms with Crippen molar-refractivity contribution in [2.24, 2.45) is 0 Å². The summed E-state index contributed by atoms with van der Waals surface area (Å²) in [5.41, 5.74) is 2.41. The summed E-state index contributed by atoms with van der Waals surface area (Å²) in [6, 6.07) is 6.85. The van der Waals surface area contributed by atoms with Crippen LogP contribution in [0.25, 0.3) is 11.4 Å². The van der Waals surface area contributed by atoms with Gasteiger partial charge in [0.1, 0.15) is 8.07 Å². The highest BCUT2D eigenvalue weighted by Gasteiger charge is 2.24. The molecule has 0 aliphatic rings. The molecule has 0 amide bonds. The van der Waals surface area contributed by atoms with Gasteiger partial charge in [0.05, 0.1) is 0 Å². The van der Waals surface area contributed by atoms with Gasteiger partial charge in [0.25, 0.3) is 0 Å². The molecule has 0 radical (unpaired) electrons. The predicted octanol–water partition coefficient (Wildman–Crippen LogP) is 4.12. The van der Waals surface area contributed by atoms with Crippen LogP contribution in [-0.2, 0) is 0 Å². The molecule has 0 unspecified atom stereocenters. The Labute approximate surface area is 127 Å². The van der Waals surface area contributed by atoms with Gasteiger partial charge < -0.3 is 0 Å². The SMILES string of the molecule is [2H]C([2H])([2H])c1ccc(-c2ncc(C(C)C)c([Si](C)(C)C)n2)cc1. The Kier molecular flexibility index (Phi) is 3.07. The monoisotopic (exact) mass is 287 g/mol. The summed E-state index contributed by atoms with van der Waals surface area (Å²) in [7, 11) is -1.59. The van der Waals surface area contributed by atoms with Crippen LogP contribution in [-0.4, -0.2) is 18.0 Å². The smallest absolute Gasteiger partial charge is 0.158 e. The van der Waals surface area contributed by atoms with Crippen molar-refractivity contribution >= 4 is 13.4 Å². The van der Waals surface area contributed by atoms with Crippen molar-refractivity contribution in [2.45, 2.75) is 46.3 Å². The Hall–Kier alpha value is -1.48. The predicted molar refractivity (Wildman–Crippen MR) is 89.3 cm³/mol. The van der Waals surface area contributed by atoms with E-state index in [0.29, 0.717) is 17.3 Å². The average molecular weight is 287 g/mol. The van der Waals surface area contributed by atoms with Gasteiger partial charge in [-0.05, 0) is 18.3 Å². The molecule has 106 valence electrons. The van der Waals surface area contributed by atoms with Crippen LogP contribution >= 0.6 is 0 Å². The quantitative estimate of drug-likeness (QED) is 0.794. The lowest BCUT2D eigenvalue weighted by atomic mass is 10.1. The molecule has 3 heteroatoms. The van der Waals surface area contributed by atoms with Crippen molar-refractivity contribution in [2.75, 3.05) is 0 Å². The Bertz CT molecular complexity index is 686. The summed E-state index contributed by atoms with van der Waals surface area (Å²) in [5, 5.41) is 1.18. The van der Waals surface area contributed by atoms with Gasteiger partial charge in [-0.2, -0.15) is 0 Å². The second kappa shape index (κ2) is 5.48. The maximum Gasteiger partial charge on any atom is 0.158 e. The fourth-order valence-electron chi connectivity index (χ4n) is 2.17. The molecule has 0 aliphatic heterocycles. The van der Waals surface area contributed by atoms with Crippen LogP contribution in [0.5, 0.6) is 0 Å². The molecule has 2 rings (SSSR count). The first-order valence-electron chi connectivity index (χ1n) is 8.48. The Morgan fingerprint density at radius 3 is 2.25 bits per heavy atom. The van der Waals surface area contributed by atoms with E-state index in [9.17, 15) is 0 Å². The van der Waals surface area contributed by atoms with E-state index in [1.54, 1.807) is 24.3 Å². The number of nitrogens with zero attached hydrogens (tertiary/aromatic N) is 2. The zero-order valence-corrected chi connectivity index (χ0v) is 13.9. The third-order valence-corrected chi connectivity index (χ3v) is 5.11. The first kappa shape index (κ1) is 11.2. The van der Waals surface area contributed by atoms with E-state index in [2.05, 4.69) is 38.5 Å². The fraction of sp³-hybridized carbons (Fsp3) is 0.412. The van der Waals surface area contributed by atoms with Crippen molar-refractivity contribution in [3.63, 3.8) is 0 Å². The van der Waals surface area contributed by atoms with Crippen molar-refractivity contribution in [3.8, 4) is 11.4 Å². The molecule has 0 saturated heterocycles. The molecule has 0 bridgehead atoms. The average Bonchev–Trinajstić information content (AvgIpc) is 2.45. The standard InChI is InChI=1S/C17H24N2Si/c1-12(2)15-11-18-16(19-17(15)20(4,5)6)14-9-7-13(3)8-10-14/h7-12H,1-6H3/i3D3. The van der Waals surface area contributed by atoms with Gasteiger partial charge in [-0.15, -0.1) is 0 Å². The first-order chi connectivity index (χ1) is 10.5. The van der Waals surface area contributed by atoms with E-state index in [1.165, 1.54) is 10.9 Å². The summed E-state index contributed by atoms with van der Waals surface area (Å²) >= 11 is 0. The number of aromatic nitrogens is 2. The molecule has 1 aromatic carbocycles. The Morgan fingerprint density at radius 1 is 1.10 bits per heavy atom. The van der Waals surface area contributed by atoms with Crippen molar-refractivity contribution in [1.29, 1.82) is 0 Å². The van der Waals surface area contributed by atoms with Crippen LogP contribution in [0.3, 0.4) is 0 Å². The van der Waals surface area contributed by atoms with Gasteiger partial charge in [-0.3, -0.25) is 0 Å². The number of rotatable bonds is 3. The highest BCUT2D eigenvalue weighted by molar-refractivity contribution is 6.88. The molecule has 0 N–H and O–H groups in total. The van der Waals surface area contributed by atoms with Crippen molar-refractivity contribution in [1.82, 2.24) is 9.97 Å². The van der Waals surface area contributed by atoms with E-state index in [4.69, 9.17) is 9.10 Å². The molecule has 0 saturated carbocycles. The van der Waals surface area contributed by atoms with E-state index in [-0.39, 0.29) is 0 Å². The van der Waals surface area contributed by atoms with Gasteiger partial charge in [-0.25, -0.2) is 9.97 Å². The van der Waals surface area contributed by atoms with E-state index >= 15 is 0 Å². The maximum absolute atomic E-state index is 7.45. The summed E-state index contributed by atoms with van der Waals surface area (Å²) in [4.78, 5) is 9.34. The van der Waals surface area contributed by atoms with E-state index in [1.807, 2.05) is 6.20 Å². The second-order valence-electron chi connectivity index (χ2n) is 6.48. The van der Waals surface area contributed by atoms with Gasteiger partial charge in [0.2, 0.25) is 0 Å². The largest absolute Gasteiger partial charge is 0.238 e. The molecule has 2 nitrogen and oxygen atoms in total. The molecular weight excluding hydrogens is 260 g/mol. The zero-order valence-electron chi connectivity index (χ0n) is 15.9. The summed E-state index contributed by atoms with van der Waals surface area (Å²) in [5.74, 6) is 1.06. The third kappa shape index (κ3) is 3.15. The number of hydrogen-bond acceptors (Lipinski definition) is 2. The molecule has 1 heterocycles. The van der Waals surface area contributed by atoms with Crippen LogP contribution in [0, 0.1) is 6.85 Å². The van der Waals surface area contributed by atoms with E-state index < -0.39 is 14.9 Å². The summed E-state index contributed by atoms with van der Waals surface area (Å²) in [6.07, 6.45) is 1.93. The minimum Gasteiger partial charge on any atom is -0.238 e. The van der Waals surface area contributed by atoms with Crippen LogP contribution in [0.1, 0.15) is 35.0 Å². The highest BCUT2D eigenvalue weighted by atomic mass is 28.3. The summed E-state index contributed by atoms with van der Waals surface area (Å²) in [6.45, 7) is 9.08. The van der Waals surface area contributed by atoms with Gasteiger partial charge in [0.15, 0.2) is 5.82 Å². The maximum atomic E-state index is 7.45. The van der Waals surface area contributed by atoms with Gasteiger partial charge in [0, 0.05) is 21.2 Å². The summed E-state index contributed by atoms with van der Waals surface area (Å²) < 4.78 is 22.3. The zero-order chi connectivity index (χ0) is 17.4. The Morgan fingerprint density at radius 2 is 1.75 bits per heavy atom. The molecule has 0 fully saturated rings. The lowest BCUT2D eigenvalue weighted by molar-refractivity contribution is 0.856. The number of benzene rings is 1. The third-order valence-electron chi connectivity index (χ3n) is 3.29. The van der Waals surface area contributed by atoms with Crippen LogP contribution in [0.15, 0.2) is 30.5 Å². The Balaban J connectivity index is 2.49. The first-order valence-corrected chi connectivity index (χ1v) is 10.5. The van der Waals surface area contributed by atoms with Crippen LogP contribution < -0.4 is 5.32 Å². The van der Waals surface area contributed by atoms with Crippen LogP contribution in [0.2, 0.25) is 19.6 Å². The van der Waals surface area contributed by atoms with Gasteiger partial charge >= 0.3 is 0 Å².